The van der Waals surface area contributed by atoms with E-state index >= 15 is 0 Å². The number of nitriles is 1. The molecular weight excluding hydrogens is 266 g/mol. The molecule has 0 aromatic heterocycles. The van der Waals surface area contributed by atoms with Gasteiger partial charge in [-0.25, -0.2) is 0 Å². The van der Waals surface area contributed by atoms with E-state index in [-0.39, 0.29) is 6.42 Å². The molecule has 1 N–H and O–H groups in total. The summed E-state index contributed by atoms with van der Waals surface area (Å²) in [5, 5.41) is 10.1. The predicted octanol–water partition coefficient (Wildman–Crippen LogP) is 2.54. The van der Waals surface area contributed by atoms with Crippen LogP contribution in [0.2, 0.25) is 0 Å². The highest BCUT2D eigenvalue weighted by Crippen LogP contribution is 2.39. The molecule has 0 spiro atoms. The van der Waals surface area contributed by atoms with Gasteiger partial charge >= 0.3 is 12.4 Å². The van der Waals surface area contributed by atoms with Crippen LogP contribution in [0.5, 0.6) is 0 Å². The van der Waals surface area contributed by atoms with Gasteiger partial charge in [-0.05, 0) is 13.3 Å². The summed E-state index contributed by atoms with van der Waals surface area (Å²) in [5.74, 6) is -6.41. The normalized spacial score (nSPS) is 16.0. The number of alkyl halides is 6. The van der Waals surface area contributed by atoms with E-state index in [0.29, 0.717) is 0 Å². The van der Waals surface area contributed by atoms with Crippen LogP contribution in [0.25, 0.3) is 0 Å². The van der Waals surface area contributed by atoms with Crippen LogP contribution in [0, 0.1) is 17.2 Å². The van der Waals surface area contributed by atoms with Crippen molar-refractivity contribution in [2.75, 3.05) is 0 Å². The van der Waals surface area contributed by atoms with Gasteiger partial charge in [0, 0.05) is 0 Å². The fourth-order valence-corrected chi connectivity index (χ4v) is 1.02. The van der Waals surface area contributed by atoms with Crippen LogP contribution < -0.4 is 5.32 Å². The van der Waals surface area contributed by atoms with Crippen LogP contribution in [-0.4, -0.2) is 23.8 Å². The summed E-state index contributed by atoms with van der Waals surface area (Å²) < 4.78 is 73.1. The van der Waals surface area contributed by atoms with E-state index in [9.17, 15) is 31.1 Å². The van der Waals surface area contributed by atoms with E-state index in [1.165, 1.54) is 18.3 Å². The molecule has 1 unspecified atom stereocenters. The van der Waals surface area contributed by atoms with E-state index in [4.69, 9.17) is 5.26 Å². The summed E-state index contributed by atoms with van der Waals surface area (Å²) >= 11 is 0. The van der Waals surface area contributed by atoms with Crippen LogP contribution in [0.4, 0.5) is 26.3 Å². The van der Waals surface area contributed by atoms with Gasteiger partial charge < -0.3 is 5.32 Å². The number of rotatable bonds is 3. The van der Waals surface area contributed by atoms with Gasteiger partial charge in [0.05, 0.1) is 6.07 Å². The molecule has 0 saturated heterocycles. The molecule has 0 radical (unpaired) electrons. The molecule has 0 bridgehead atoms. The number of hydrogen-bond donors (Lipinski definition) is 1. The van der Waals surface area contributed by atoms with E-state index in [1.54, 1.807) is 0 Å². The number of carbonyl (C=O) groups excluding carboxylic acids is 1. The molecule has 0 aliphatic heterocycles. The summed E-state index contributed by atoms with van der Waals surface area (Å²) in [6, 6.07) is 1.45. The van der Waals surface area contributed by atoms with Crippen molar-refractivity contribution in [1.29, 1.82) is 5.26 Å². The fraction of sp³-hybridized carbons (Fsp3) is 0.778. The average Bonchev–Trinajstić information content (AvgIpc) is 2.12. The number of hydrogen-bond acceptors (Lipinski definition) is 2. The van der Waals surface area contributed by atoms with E-state index in [1.807, 2.05) is 0 Å². The lowest BCUT2D eigenvalue weighted by Crippen LogP contribution is -2.54. The van der Waals surface area contributed by atoms with Crippen molar-refractivity contribution in [3.63, 3.8) is 0 Å². The second kappa shape index (κ2) is 5.04. The Balaban J connectivity index is 5.22. The number of amides is 1. The smallest absolute Gasteiger partial charge is 0.337 e. The Hall–Kier alpha value is -1.46. The number of carbonyl (C=O) groups is 1. The summed E-state index contributed by atoms with van der Waals surface area (Å²) in [6.07, 6.45) is -11.6. The van der Waals surface area contributed by atoms with Crippen LogP contribution in [0.3, 0.4) is 0 Å². The molecule has 0 rings (SSSR count). The van der Waals surface area contributed by atoms with Gasteiger partial charge in [-0.15, -0.1) is 0 Å². The average molecular weight is 276 g/mol. The topological polar surface area (TPSA) is 52.9 Å². The minimum Gasteiger partial charge on any atom is -0.337 e. The first-order valence-electron chi connectivity index (χ1n) is 4.74. The molecule has 1 atom stereocenters. The number of nitrogens with zero attached hydrogens (tertiary/aromatic N) is 1. The monoisotopic (exact) mass is 276 g/mol. The lowest BCUT2D eigenvalue weighted by atomic mass is 9.98. The third kappa shape index (κ3) is 4.09. The maximum atomic E-state index is 12.2. The van der Waals surface area contributed by atoms with Gasteiger partial charge in [-0.2, -0.15) is 31.6 Å². The third-order valence-corrected chi connectivity index (χ3v) is 2.27. The Labute approximate surface area is 98.8 Å². The lowest BCUT2D eigenvalue weighted by molar-refractivity contribution is -0.274. The van der Waals surface area contributed by atoms with Gasteiger partial charge in [-0.1, -0.05) is 6.92 Å². The summed E-state index contributed by atoms with van der Waals surface area (Å²) in [4.78, 5) is 11.1. The summed E-state index contributed by atoms with van der Waals surface area (Å²) in [7, 11) is 0. The first-order chi connectivity index (χ1) is 7.87. The second-order valence-electron chi connectivity index (χ2n) is 3.80. The van der Waals surface area contributed by atoms with Crippen molar-refractivity contribution in [2.24, 2.45) is 5.92 Å². The minimum atomic E-state index is -5.76. The molecule has 0 fully saturated rings. The van der Waals surface area contributed by atoms with Gasteiger partial charge in [0.25, 0.3) is 0 Å². The van der Waals surface area contributed by atoms with Crippen molar-refractivity contribution in [3.8, 4) is 6.07 Å². The highest BCUT2D eigenvalue weighted by atomic mass is 19.4. The molecule has 0 heterocycles. The van der Waals surface area contributed by atoms with Crippen molar-refractivity contribution < 1.29 is 31.1 Å². The van der Waals surface area contributed by atoms with E-state index in [2.05, 4.69) is 0 Å². The Bertz CT molecular complexity index is 342. The first-order valence-corrected chi connectivity index (χ1v) is 4.74. The molecule has 104 valence electrons. The van der Waals surface area contributed by atoms with Crippen LogP contribution in [0.15, 0.2) is 0 Å². The number of halogens is 6. The van der Waals surface area contributed by atoms with Crippen molar-refractivity contribution in [3.05, 3.63) is 0 Å². The minimum absolute atomic E-state index is 0.127. The standard InChI is InChI=1S/C9H10F6N2O/c1-3-7(2,4-16)17-6(18)5(8(10,11)12)9(13,14)15/h5H,3H2,1-2H3,(H,17,18). The zero-order valence-corrected chi connectivity index (χ0v) is 9.41. The Kier molecular flexibility index (Phi) is 4.63. The molecule has 0 saturated carbocycles. The molecule has 1 amide bonds. The molecule has 3 nitrogen and oxygen atoms in total. The van der Waals surface area contributed by atoms with E-state index < -0.39 is 29.7 Å². The quantitative estimate of drug-likeness (QED) is 0.805. The zero-order valence-electron chi connectivity index (χ0n) is 9.41. The van der Waals surface area contributed by atoms with E-state index in [0.717, 1.165) is 6.92 Å². The maximum Gasteiger partial charge on any atom is 0.409 e. The van der Waals surface area contributed by atoms with Crippen molar-refractivity contribution >= 4 is 5.91 Å². The number of nitrogens with one attached hydrogen (secondary N) is 1. The predicted molar refractivity (Wildman–Crippen MR) is 48.1 cm³/mol. The Morgan fingerprint density at radius 1 is 1.22 bits per heavy atom. The Morgan fingerprint density at radius 3 is 1.83 bits per heavy atom. The fourth-order valence-electron chi connectivity index (χ4n) is 1.02. The van der Waals surface area contributed by atoms with Crippen LogP contribution >= 0.6 is 0 Å². The lowest BCUT2D eigenvalue weighted by Gasteiger charge is -2.27. The molecule has 0 aliphatic carbocycles. The highest BCUT2D eigenvalue weighted by Gasteiger charge is 2.61. The maximum absolute atomic E-state index is 12.2. The first kappa shape index (κ1) is 16.5. The van der Waals surface area contributed by atoms with Crippen LogP contribution in [-0.2, 0) is 4.79 Å². The van der Waals surface area contributed by atoms with Crippen LogP contribution in [0.1, 0.15) is 20.3 Å². The molecule has 18 heavy (non-hydrogen) atoms. The highest BCUT2D eigenvalue weighted by molar-refractivity contribution is 5.81. The summed E-state index contributed by atoms with van der Waals surface area (Å²) in [5.41, 5.74) is -1.77. The zero-order chi connectivity index (χ0) is 14.8. The van der Waals surface area contributed by atoms with Crippen molar-refractivity contribution in [2.45, 2.75) is 38.2 Å². The van der Waals surface area contributed by atoms with Crippen molar-refractivity contribution in [1.82, 2.24) is 5.32 Å². The molecule has 9 heteroatoms. The van der Waals surface area contributed by atoms with Gasteiger partial charge in [0.2, 0.25) is 11.8 Å². The molecule has 0 aromatic carbocycles. The largest absolute Gasteiger partial charge is 0.409 e. The summed E-state index contributed by atoms with van der Waals surface area (Å²) in [6.45, 7) is 2.38. The SMILES string of the molecule is CCC(C)(C#N)NC(=O)C(C(F)(F)F)C(F)(F)F. The molecular formula is C9H10F6N2O. The van der Waals surface area contributed by atoms with Gasteiger partial charge in [0.1, 0.15) is 5.54 Å². The third-order valence-electron chi connectivity index (χ3n) is 2.27. The van der Waals surface area contributed by atoms with Gasteiger partial charge in [-0.3, -0.25) is 4.79 Å². The molecule has 0 aliphatic rings. The Morgan fingerprint density at radius 2 is 1.61 bits per heavy atom. The second-order valence-corrected chi connectivity index (χ2v) is 3.80. The molecule has 0 aromatic rings. The van der Waals surface area contributed by atoms with Gasteiger partial charge in [0.15, 0.2) is 0 Å².